The maximum absolute atomic E-state index is 2.42. The number of benzene rings is 7. The Morgan fingerprint density at radius 2 is 1.09 bits per heavy atom. The van der Waals surface area contributed by atoms with Crippen LogP contribution in [0.15, 0.2) is 158 Å². The minimum Gasteiger partial charge on any atom is -0.310 e. The fraction of sp³-hybridized carbons (Fsp3) is 0.0698. The molecule has 214 valence electrons. The molecule has 0 unspecified atom stereocenters. The predicted molar refractivity (Wildman–Crippen MR) is 191 cm³/mol. The molecule has 1 aliphatic carbocycles. The summed E-state index contributed by atoms with van der Waals surface area (Å²) < 4.78 is 2.39. The number of para-hydroxylation sites is 3. The van der Waals surface area contributed by atoms with Crippen LogP contribution in [0.3, 0.4) is 0 Å². The highest BCUT2D eigenvalue weighted by atomic mass is 15.1. The van der Waals surface area contributed by atoms with Gasteiger partial charge in [-0.3, -0.25) is 0 Å². The summed E-state index contributed by atoms with van der Waals surface area (Å²) in [5.41, 5.74) is 12.3. The normalized spacial score (nSPS) is 13.3. The minimum absolute atomic E-state index is 0.131. The highest BCUT2D eigenvalue weighted by Crippen LogP contribution is 2.53. The number of nitrogens with zero attached hydrogens (tertiary/aromatic N) is 2. The maximum atomic E-state index is 2.42. The van der Waals surface area contributed by atoms with Gasteiger partial charge in [0.05, 0.1) is 11.0 Å². The average molecular weight is 577 g/mol. The quantitative estimate of drug-likeness (QED) is 0.202. The Bertz CT molecular complexity index is 2400. The lowest BCUT2D eigenvalue weighted by Gasteiger charge is -2.28. The molecule has 0 aliphatic heterocycles. The van der Waals surface area contributed by atoms with Gasteiger partial charge in [0.1, 0.15) is 0 Å². The SMILES string of the molecule is CC1(C)c2cc(N(c3ccccc3)c3ccc4c5ccccc5n(-c5ccccc5)c4c3)ccc2-c2ccc3ccccc3c21. The number of hydrogen-bond acceptors (Lipinski definition) is 1. The second-order valence-corrected chi connectivity index (χ2v) is 12.6. The molecule has 1 heterocycles. The lowest BCUT2D eigenvalue weighted by Crippen LogP contribution is -2.17. The molecule has 1 aliphatic rings. The molecule has 0 N–H and O–H groups in total. The van der Waals surface area contributed by atoms with E-state index in [0.29, 0.717) is 0 Å². The number of rotatable bonds is 4. The zero-order valence-corrected chi connectivity index (χ0v) is 25.4. The van der Waals surface area contributed by atoms with Gasteiger partial charge in [0.25, 0.3) is 0 Å². The van der Waals surface area contributed by atoms with Crippen molar-refractivity contribution < 1.29 is 0 Å². The summed E-state index contributed by atoms with van der Waals surface area (Å²) in [4.78, 5) is 2.41. The Balaban J connectivity index is 1.27. The molecule has 9 rings (SSSR count). The van der Waals surface area contributed by atoms with E-state index in [9.17, 15) is 0 Å². The van der Waals surface area contributed by atoms with Gasteiger partial charge in [-0.05, 0) is 87.6 Å². The topological polar surface area (TPSA) is 8.17 Å². The molecule has 0 saturated carbocycles. The van der Waals surface area contributed by atoms with Crippen LogP contribution in [-0.2, 0) is 5.41 Å². The van der Waals surface area contributed by atoms with Crippen molar-refractivity contribution in [3.8, 4) is 16.8 Å². The molecule has 8 aromatic rings. The molecule has 0 fully saturated rings. The Kier molecular flexibility index (Phi) is 5.58. The zero-order chi connectivity index (χ0) is 30.1. The summed E-state index contributed by atoms with van der Waals surface area (Å²) in [6.07, 6.45) is 0. The van der Waals surface area contributed by atoms with Gasteiger partial charge in [0.2, 0.25) is 0 Å². The molecule has 0 saturated heterocycles. The third-order valence-electron chi connectivity index (χ3n) is 9.72. The summed E-state index contributed by atoms with van der Waals surface area (Å²) in [6.45, 7) is 4.76. The predicted octanol–water partition coefficient (Wildman–Crippen LogP) is 11.7. The van der Waals surface area contributed by atoms with Crippen molar-refractivity contribution in [1.82, 2.24) is 4.57 Å². The van der Waals surface area contributed by atoms with Crippen LogP contribution in [-0.4, -0.2) is 4.57 Å². The molecular weight excluding hydrogens is 544 g/mol. The average Bonchev–Trinajstić information content (AvgIpc) is 3.54. The molecule has 0 atom stereocenters. The lowest BCUT2D eigenvalue weighted by atomic mass is 9.80. The summed E-state index contributed by atoms with van der Waals surface area (Å²) in [7, 11) is 0. The van der Waals surface area contributed by atoms with Gasteiger partial charge in [-0.15, -0.1) is 0 Å². The number of aromatic nitrogens is 1. The van der Waals surface area contributed by atoms with Crippen LogP contribution in [0, 0.1) is 0 Å². The van der Waals surface area contributed by atoms with Crippen molar-refractivity contribution in [2.75, 3.05) is 4.90 Å². The van der Waals surface area contributed by atoms with Crippen LogP contribution in [0.4, 0.5) is 17.1 Å². The van der Waals surface area contributed by atoms with Crippen LogP contribution in [0.2, 0.25) is 0 Å². The van der Waals surface area contributed by atoms with Crippen LogP contribution in [0.1, 0.15) is 25.0 Å². The molecule has 2 nitrogen and oxygen atoms in total. The Hall–Kier alpha value is -5.60. The van der Waals surface area contributed by atoms with E-state index in [1.165, 1.54) is 54.8 Å². The first kappa shape index (κ1) is 25.9. The van der Waals surface area contributed by atoms with Gasteiger partial charge in [0.15, 0.2) is 0 Å². The van der Waals surface area contributed by atoms with Crippen molar-refractivity contribution in [1.29, 1.82) is 0 Å². The fourth-order valence-corrected chi connectivity index (χ4v) is 7.70. The Morgan fingerprint density at radius 3 is 1.91 bits per heavy atom. The molecular formula is C43H32N2. The Morgan fingerprint density at radius 1 is 0.467 bits per heavy atom. The number of hydrogen-bond donors (Lipinski definition) is 0. The monoisotopic (exact) mass is 576 g/mol. The fourth-order valence-electron chi connectivity index (χ4n) is 7.70. The van der Waals surface area contributed by atoms with Crippen molar-refractivity contribution in [2.24, 2.45) is 0 Å². The van der Waals surface area contributed by atoms with Crippen molar-refractivity contribution in [3.05, 3.63) is 169 Å². The van der Waals surface area contributed by atoms with Gasteiger partial charge >= 0.3 is 0 Å². The molecule has 7 aromatic carbocycles. The smallest absolute Gasteiger partial charge is 0.0561 e. The second kappa shape index (κ2) is 9.70. The number of anilines is 3. The van der Waals surface area contributed by atoms with E-state index in [2.05, 4.69) is 181 Å². The van der Waals surface area contributed by atoms with Crippen LogP contribution in [0.5, 0.6) is 0 Å². The van der Waals surface area contributed by atoms with E-state index in [1.54, 1.807) is 0 Å². The van der Waals surface area contributed by atoms with Crippen LogP contribution < -0.4 is 4.90 Å². The van der Waals surface area contributed by atoms with Crippen molar-refractivity contribution in [2.45, 2.75) is 19.3 Å². The molecule has 1 aromatic heterocycles. The molecule has 0 bridgehead atoms. The summed E-state index contributed by atoms with van der Waals surface area (Å²) in [5.74, 6) is 0. The van der Waals surface area contributed by atoms with Gasteiger partial charge < -0.3 is 9.47 Å². The van der Waals surface area contributed by atoms with E-state index in [4.69, 9.17) is 0 Å². The summed E-state index contributed by atoms with van der Waals surface area (Å²) in [6, 6.07) is 57.5. The van der Waals surface area contributed by atoms with E-state index >= 15 is 0 Å². The molecule has 2 heteroatoms. The van der Waals surface area contributed by atoms with Crippen molar-refractivity contribution >= 4 is 49.6 Å². The Labute approximate surface area is 263 Å². The number of fused-ring (bicyclic) bond motifs is 8. The lowest BCUT2D eigenvalue weighted by molar-refractivity contribution is 0.666. The van der Waals surface area contributed by atoms with E-state index in [-0.39, 0.29) is 5.41 Å². The summed E-state index contributed by atoms with van der Waals surface area (Å²) in [5, 5.41) is 5.16. The first-order chi connectivity index (χ1) is 22.1. The van der Waals surface area contributed by atoms with E-state index < -0.39 is 0 Å². The molecule has 0 spiro atoms. The van der Waals surface area contributed by atoms with Gasteiger partial charge in [0, 0.05) is 38.9 Å². The van der Waals surface area contributed by atoms with Gasteiger partial charge in [-0.2, -0.15) is 0 Å². The minimum atomic E-state index is -0.131. The highest BCUT2D eigenvalue weighted by molar-refractivity contribution is 6.10. The highest BCUT2D eigenvalue weighted by Gasteiger charge is 2.37. The second-order valence-electron chi connectivity index (χ2n) is 12.6. The molecule has 0 radical (unpaired) electrons. The zero-order valence-electron chi connectivity index (χ0n) is 25.4. The van der Waals surface area contributed by atoms with Crippen LogP contribution >= 0.6 is 0 Å². The van der Waals surface area contributed by atoms with Crippen LogP contribution in [0.25, 0.3) is 49.4 Å². The first-order valence-electron chi connectivity index (χ1n) is 15.7. The van der Waals surface area contributed by atoms with Gasteiger partial charge in [-0.25, -0.2) is 0 Å². The van der Waals surface area contributed by atoms with E-state index in [0.717, 1.165) is 22.7 Å². The third-order valence-corrected chi connectivity index (χ3v) is 9.72. The largest absolute Gasteiger partial charge is 0.310 e. The standard InChI is InChI=1S/C43H32N2/c1-43(2)39-27-32(22-25-35(39)38-24-21-29-13-9-10-18-34(29)42(38)43)44(30-14-5-3-6-15-30)33-23-26-37-36-19-11-12-20-40(36)45(41(37)28-33)31-16-7-4-8-17-31/h3-28H,1-2H3. The third kappa shape index (κ3) is 3.82. The van der Waals surface area contributed by atoms with Gasteiger partial charge in [-0.1, -0.05) is 117 Å². The van der Waals surface area contributed by atoms with E-state index in [1.807, 2.05) is 0 Å². The summed E-state index contributed by atoms with van der Waals surface area (Å²) >= 11 is 0. The first-order valence-corrected chi connectivity index (χ1v) is 15.7. The molecule has 45 heavy (non-hydrogen) atoms. The molecule has 0 amide bonds. The van der Waals surface area contributed by atoms with Crippen molar-refractivity contribution in [3.63, 3.8) is 0 Å². The maximum Gasteiger partial charge on any atom is 0.0561 e.